The maximum absolute atomic E-state index is 13.5. The van der Waals surface area contributed by atoms with Crippen molar-refractivity contribution in [2.75, 3.05) is 26.4 Å². The molecule has 0 spiro atoms. The molecule has 4 nitrogen and oxygen atoms in total. The Bertz CT molecular complexity index is 555. The monoisotopic (exact) mass is 323 g/mol. The zero-order chi connectivity index (χ0) is 16.5. The number of fused-ring (bicyclic) bond motifs is 1. The van der Waals surface area contributed by atoms with E-state index in [1.807, 2.05) is 13.8 Å². The highest BCUT2D eigenvalue weighted by molar-refractivity contribution is 5.39. The summed E-state index contributed by atoms with van der Waals surface area (Å²) in [5.41, 5.74) is 0.662. The van der Waals surface area contributed by atoms with Gasteiger partial charge < -0.3 is 19.9 Å². The summed E-state index contributed by atoms with van der Waals surface area (Å²) in [5, 5.41) is 13.0. The molecule has 1 aromatic carbocycles. The molecular weight excluding hydrogens is 297 g/mol. The Morgan fingerprint density at radius 2 is 2.22 bits per heavy atom. The van der Waals surface area contributed by atoms with Gasteiger partial charge in [0.2, 0.25) is 0 Å². The van der Waals surface area contributed by atoms with E-state index in [1.165, 1.54) is 12.1 Å². The van der Waals surface area contributed by atoms with Gasteiger partial charge in [0.05, 0.1) is 6.61 Å². The molecule has 0 aliphatic carbocycles. The van der Waals surface area contributed by atoms with E-state index in [1.54, 1.807) is 6.07 Å². The first kappa shape index (κ1) is 16.7. The normalized spacial score (nSPS) is 29.1. The molecule has 1 aromatic rings. The van der Waals surface area contributed by atoms with E-state index in [-0.39, 0.29) is 29.5 Å². The van der Waals surface area contributed by atoms with Crippen LogP contribution in [0, 0.1) is 11.2 Å². The van der Waals surface area contributed by atoms with Crippen molar-refractivity contribution < 1.29 is 19.0 Å². The molecule has 2 aliphatic heterocycles. The largest absolute Gasteiger partial charge is 0.487 e. The van der Waals surface area contributed by atoms with Gasteiger partial charge in [0.15, 0.2) is 0 Å². The lowest BCUT2D eigenvalue weighted by Gasteiger charge is -2.39. The van der Waals surface area contributed by atoms with Crippen LogP contribution in [0.4, 0.5) is 4.39 Å². The van der Waals surface area contributed by atoms with Gasteiger partial charge in [-0.2, -0.15) is 0 Å². The Balaban J connectivity index is 1.77. The van der Waals surface area contributed by atoms with Crippen molar-refractivity contribution in [3.63, 3.8) is 0 Å². The number of benzene rings is 1. The van der Waals surface area contributed by atoms with Gasteiger partial charge in [-0.15, -0.1) is 0 Å². The van der Waals surface area contributed by atoms with Crippen molar-refractivity contribution in [3.8, 4) is 5.75 Å². The number of hydrogen-bond acceptors (Lipinski definition) is 4. The Morgan fingerprint density at radius 1 is 1.39 bits per heavy atom. The highest BCUT2D eigenvalue weighted by Crippen LogP contribution is 2.41. The van der Waals surface area contributed by atoms with Crippen LogP contribution in [-0.4, -0.2) is 37.1 Å². The van der Waals surface area contributed by atoms with Gasteiger partial charge in [0.25, 0.3) is 0 Å². The van der Waals surface area contributed by atoms with E-state index >= 15 is 0 Å². The molecule has 2 N–H and O–H groups in total. The van der Waals surface area contributed by atoms with Crippen LogP contribution in [0.5, 0.6) is 5.75 Å². The maximum Gasteiger partial charge on any atom is 0.127 e. The predicted molar refractivity (Wildman–Crippen MR) is 86.0 cm³/mol. The van der Waals surface area contributed by atoms with Crippen molar-refractivity contribution in [2.45, 2.75) is 44.8 Å². The molecule has 2 aliphatic rings. The summed E-state index contributed by atoms with van der Waals surface area (Å²) < 4.78 is 25.0. The summed E-state index contributed by atoms with van der Waals surface area (Å²) in [4.78, 5) is 0. The smallest absolute Gasteiger partial charge is 0.127 e. The highest BCUT2D eigenvalue weighted by atomic mass is 19.1. The molecular formula is C18H26FNO3. The summed E-state index contributed by atoms with van der Waals surface area (Å²) in [6, 6.07) is 4.87. The van der Waals surface area contributed by atoms with Gasteiger partial charge in [-0.1, -0.05) is 6.07 Å². The Hall–Kier alpha value is -1.17. The lowest BCUT2D eigenvalue weighted by molar-refractivity contribution is 0.0596. The van der Waals surface area contributed by atoms with Crippen LogP contribution in [0.3, 0.4) is 0 Å². The van der Waals surface area contributed by atoms with Crippen LogP contribution < -0.4 is 10.1 Å². The van der Waals surface area contributed by atoms with Gasteiger partial charge in [-0.3, -0.25) is 0 Å². The number of nitrogens with one attached hydrogen (secondary N) is 1. The zero-order valence-electron chi connectivity index (χ0n) is 13.9. The molecule has 0 amide bonds. The summed E-state index contributed by atoms with van der Waals surface area (Å²) in [5.74, 6) is 0.346. The third-order valence-corrected chi connectivity index (χ3v) is 4.98. The van der Waals surface area contributed by atoms with E-state index in [0.29, 0.717) is 12.4 Å². The number of rotatable bonds is 5. The number of ether oxygens (including phenoxy) is 2. The first-order chi connectivity index (χ1) is 10.9. The topological polar surface area (TPSA) is 50.7 Å². The minimum absolute atomic E-state index is 0.00259. The number of aliphatic hydroxyl groups is 1. The van der Waals surface area contributed by atoms with Crippen LogP contribution in [0.1, 0.15) is 44.7 Å². The van der Waals surface area contributed by atoms with Crippen LogP contribution in [0.25, 0.3) is 0 Å². The van der Waals surface area contributed by atoms with E-state index in [9.17, 15) is 9.50 Å². The number of hydrogen-bond donors (Lipinski definition) is 2. The second-order valence-electron chi connectivity index (χ2n) is 7.46. The van der Waals surface area contributed by atoms with E-state index < -0.39 is 0 Å². The van der Waals surface area contributed by atoms with Crippen LogP contribution in [-0.2, 0) is 4.74 Å². The van der Waals surface area contributed by atoms with Gasteiger partial charge in [-0.05, 0) is 32.8 Å². The molecule has 128 valence electrons. The van der Waals surface area contributed by atoms with E-state index in [2.05, 4.69) is 5.32 Å². The molecule has 2 heterocycles. The highest BCUT2D eigenvalue weighted by Gasteiger charge is 2.38. The Morgan fingerprint density at radius 3 is 2.91 bits per heavy atom. The average Bonchev–Trinajstić information content (AvgIpc) is 2.92. The molecule has 2 unspecified atom stereocenters. The number of aliphatic hydroxyl groups excluding tert-OH is 1. The van der Waals surface area contributed by atoms with Crippen molar-refractivity contribution >= 4 is 0 Å². The molecule has 1 fully saturated rings. The van der Waals surface area contributed by atoms with Crippen LogP contribution in [0.2, 0.25) is 0 Å². The standard InChI is InChI=1S/C18H26FNO3/c1-17(2)10-15(14-4-3-13(19)9-16(14)23-17)20-11-18(5-7-21)6-8-22-12-18/h3-4,9,15,20-21H,5-8,10-12H2,1-2H3. The van der Waals surface area contributed by atoms with Gasteiger partial charge in [-0.25, -0.2) is 4.39 Å². The van der Waals surface area contributed by atoms with Crippen molar-refractivity contribution in [3.05, 3.63) is 29.6 Å². The van der Waals surface area contributed by atoms with Gasteiger partial charge >= 0.3 is 0 Å². The lowest BCUT2D eigenvalue weighted by Crippen LogP contribution is -2.43. The summed E-state index contributed by atoms with van der Waals surface area (Å²) >= 11 is 0. The molecule has 23 heavy (non-hydrogen) atoms. The molecule has 0 aromatic heterocycles. The molecule has 1 saturated heterocycles. The van der Waals surface area contributed by atoms with Crippen molar-refractivity contribution in [1.82, 2.24) is 5.32 Å². The fourth-order valence-electron chi connectivity index (χ4n) is 3.66. The molecule has 0 bridgehead atoms. The summed E-state index contributed by atoms with van der Waals surface area (Å²) in [7, 11) is 0. The SMILES string of the molecule is CC1(C)CC(NCC2(CCO)CCOC2)c2ccc(F)cc2O1. The fourth-order valence-corrected chi connectivity index (χ4v) is 3.66. The van der Waals surface area contributed by atoms with Crippen molar-refractivity contribution in [2.24, 2.45) is 5.41 Å². The Labute approximate surface area is 137 Å². The molecule has 2 atom stereocenters. The second kappa shape index (κ2) is 6.38. The first-order valence-electron chi connectivity index (χ1n) is 8.34. The fraction of sp³-hybridized carbons (Fsp3) is 0.667. The third kappa shape index (κ3) is 3.67. The minimum atomic E-state index is -0.339. The van der Waals surface area contributed by atoms with E-state index in [0.717, 1.165) is 38.0 Å². The Kier molecular flexibility index (Phi) is 4.63. The maximum atomic E-state index is 13.5. The average molecular weight is 323 g/mol. The predicted octanol–water partition coefficient (Wildman–Crippen LogP) is 2.81. The lowest BCUT2D eigenvalue weighted by atomic mass is 9.82. The zero-order valence-corrected chi connectivity index (χ0v) is 13.9. The molecule has 5 heteroatoms. The molecule has 3 rings (SSSR count). The summed E-state index contributed by atoms with van der Waals surface area (Å²) in [6.45, 7) is 6.44. The minimum Gasteiger partial charge on any atom is -0.487 e. The van der Waals surface area contributed by atoms with Crippen molar-refractivity contribution in [1.29, 1.82) is 0 Å². The second-order valence-corrected chi connectivity index (χ2v) is 7.46. The van der Waals surface area contributed by atoms with Crippen LogP contribution in [0.15, 0.2) is 18.2 Å². The van der Waals surface area contributed by atoms with Gasteiger partial charge in [0.1, 0.15) is 17.2 Å². The first-order valence-corrected chi connectivity index (χ1v) is 8.34. The molecule has 0 radical (unpaired) electrons. The number of halogens is 1. The molecule has 0 saturated carbocycles. The summed E-state index contributed by atoms with van der Waals surface area (Å²) in [6.07, 6.45) is 2.52. The third-order valence-electron chi connectivity index (χ3n) is 4.98. The van der Waals surface area contributed by atoms with E-state index in [4.69, 9.17) is 9.47 Å². The van der Waals surface area contributed by atoms with Gasteiger partial charge in [0, 0.05) is 49.3 Å². The quantitative estimate of drug-likeness (QED) is 0.875. The van der Waals surface area contributed by atoms with Crippen LogP contribution >= 0.6 is 0 Å².